The van der Waals surface area contributed by atoms with Crippen molar-refractivity contribution in [2.24, 2.45) is 11.1 Å². The van der Waals surface area contributed by atoms with Crippen LogP contribution in [0.5, 0.6) is 0 Å². The second-order valence-corrected chi connectivity index (χ2v) is 7.17. The van der Waals surface area contributed by atoms with Gasteiger partial charge in [0, 0.05) is 12.1 Å². The van der Waals surface area contributed by atoms with Crippen molar-refractivity contribution < 1.29 is 0 Å². The maximum atomic E-state index is 6.02. The molecule has 0 bridgehead atoms. The standard InChI is InChI=1S/C16H30N2/c17-14-4-6-15(7-5-14)18-12-10-16(11-13-18)8-2-1-3-9-16/h14-15H,1-13,17H2. The van der Waals surface area contributed by atoms with Crippen molar-refractivity contribution >= 4 is 0 Å². The predicted molar refractivity (Wildman–Crippen MR) is 76.6 cm³/mol. The number of likely N-dealkylation sites (tertiary alicyclic amines) is 1. The summed E-state index contributed by atoms with van der Waals surface area (Å²) in [7, 11) is 0. The van der Waals surface area contributed by atoms with Crippen molar-refractivity contribution in [3.63, 3.8) is 0 Å². The van der Waals surface area contributed by atoms with E-state index in [2.05, 4.69) is 4.90 Å². The van der Waals surface area contributed by atoms with Gasteiger partial charge >= 0.3 is 0 Å². The third-order valence-electron chi connectivity index (χ3n) is 6.03. The molecule has 3 aliphatic rings. The monoisotopic (exact) mass is 250 g/mol. The van der Waals surface area contributed by atoms with Crippen molar-refractivity contribution in [2.45, 2.75) is 82.7 Å². The van der Waals surface area contributed by atoms with Gasteiger partial charge in [0.15, 0.2) is 0 Å². The van der Waals surface area contributed by atoms with Crippen LogP contribution in [0.2, 0.25) is 0 Å². The van der Waals surface area contributed by atoms with Crippen molar-refractivity contribution in [1.82, 2.24) is 4.90 Å². The van der Waals surface area contributed by atoms with Crippen LogP contribution in [0.25, 0.3) is 0 Å². The van der Waals surface area contributed by atoms with Gasteiger partial charge in [0.1, 0.15) is 0 Å². The zero-order valence-electron chi connectivity index (χ0n) is 11.9. The number of hydrogen-bond donors (Lipinski definition) is 1. The Morgan fingerprint density at radius 1 is 0.778 bits per heavy atom. The Balaban J connectivity index is 1.50. The third kappa shape index (κ3) is 2.75. The summed E-state index contributed by atoms with van der Waals surface area (Å²) in [6.07, 6.45) is 15.7. The Morgan fingerprint density at radius 3 is 2.00 bits per heavy atom. The average molecular weight is 250 g/mol. The van der Waals surface area contributed by atoms with Gasteiger partial charge < -0.3 is 10.6 Å². The molecule has 2 N–H and O–H groups in total. The highest BCUT2D eigenvalue weighted by molar-refractivity contribution is 4.91. The minimum atomic E-state index is 0.496. The topological polar surface area (TPSA) is 29.3 Å². The van der Waals surface area contributed by atoms with E-state index in [1.54, 1.807) is 0 Å². The summed E-state index contributed by atoms with van der Waals surface area (Å²) in [5.74, 6) is 0. The second-order valence-electron chi connectivity index (χ2n) is 7.17. The van der Waals surface area contributed by atoms with E-state index in [4.69, 9.17) is 5.73 Å². The van der Waals surface area contributed by atoms with Crippen LogP contribution in [0, 0.1) is 5.41 Å². The number of nitrogens with two attached hydrogens (primary N) is 1. The first-order chi connectivity index (χ1) is 8.77. The molecule has 2 heteroatoms. The highest BCUT2D eigenvalue weighted by Gasteiger charge is 2.37. The SMILES string of the molecule is NC1CCC(N2CCC3(CCCCC3)CC2)CC1. The number of hydrogen-bond acceptors (Lipinski definition) is 2. The molecule has 3 rings (SSSR count). The molecule has 0 atom stereocenters. The quantitative estimate of drug-likeness (QED) is 0.773. The lowest BCUT2D eigenvalue weighted by atomic mass is 9.68. The molecule has 18 heavy (non-hydrogen) atoms. The summed E-state index contributed by atoms with van der Waals surface area (Å²) < 4.78 is 0. The molecular formula is C16H30N2. The molecule has 1 spiro atoms. The van der Waals surface area contributed by atoms with Crippen molar-refractivity contribution in [3.05, 3.63) is 0 Å². The van der Waals surface area contributed by atoms with E-state index >= 15 is 0 Å². The first-order valence-electron chi connectivity index (χ1n) is 8.27. The fourth-order valence-electron chi connectivity index (χ4n) is 4.63. The fraction of sp³-hybridized carbons (Fsp3) is 1.00. The van der Waals surface area contributed by atoms with Gasteiger partial charge in [-0.1, -0.05) is 19.3 Å². The van der Waals surface area contributed by atoms with E-state index in [0.717, 1.165) is 11.5 Å². The first kappa shape index (κ1) is 12.9. The van der Waals surface area contributed by atoms with Crippen LogP contribution in [-0.2, 0) is 0 Å². The van der Waals surface area contributed by atoms with E-state index in [1.165, 1.54) is 83.7 Å². The maximum Gasteiger partial charge on any atom is 0.00964 e. The van der Waals surface area contributed by atoms with Crippen LogP contribution in [0.3, 0.4) is 0 Å². The number of nitrogens with zero attached hydrogens (tertiary/aromatic N) is 1. The maximum absolute atomic E-state index is 6.02. The Hall–Kier alpha value is -0.0800. The van der Waals surface area contributed by atoms with Crippen LogP contribution in [0.1, 0.15) is 70.6 Å². The summed E-state index contributed by atoms with van der Waals surface area (Å²) >= 11 is 0. The van der Waals surface area contributed by atoms with Crippen molar-refractivity contribution in [3.8, 4) is 0 Å². The molecule has 0 aromatic heterocycles. The van der Waals surface area contributed by atoms with Gasteiger partial charge in [-0.3, -0.25) is 0 Å². The molecule has 1 saturated heterocycles. The summed E-state index contributed by atoms with van der Waals surface area (Å²) in [4.78, 5) is 2.80. The lowest BCUT2D eigenvalue weighted by molar-refractivity contribution is 0.0338. The third-order valence-corrected chi connectivity index (χ3v) is 6.03. The Kier molecular flexibility index (Phi) is 3.95. The molecule has 0 unspecified atom stereocenters. The molecule has 0 amide bonds. The van der Waals surface area contributed by atoms with Crippen LogP contribution >= 0.6 is 0 Å². The second kappa shape index (κ2) is 5.50. The smallest absolute Gasteiger partial charge is 0.00964 e. The molecule has 0 aromatic rings. The van der Waals surface area contributed by atoms with E-state index < -0.39 is 0 Å². The van der Waals surface area contributed by atoms with E-state index in [0.29, 0.717) is 6.04 Å². The molecule has 1 heterocycles. The molecule has 104 valence electrons. The van der Waals surface area contributed by atoms with Crippen LogP contribution < -0.4 is 5.73 Å². The van der Waals surface area contributed by atoms with Gasteiger partial charge in [-0.2, -0.15) is 0 Å². The van der Waals surface area contributed by atoms with E-state index in [9.17, 15) is 0 Å². The molecule has 3 fully saturated rings. The normalized spacial score (nSPS) is 37.8. The first-order valence-corrected chi connectivity index (χ1v) is 8.27. The summed E-state index contributed by atoms with van der Waals surface area (Å²) in [6.45, 7) is 2.75. The highest BCUT2D eigenvalue weighted by Crippen LogP contribution is 2.45. The lowest BCUT2D eigenvalue weighted by Gasteiger charge is -2.47. The van der Waals surface area contributed by atoms with Gasteiger partial charge in [0.2, 0.25) is 0 Å². The Morgan fingerprint density at radius 2 is 1.39 bits per heavy atom. The fourth-order valence-corrected chi connectivity index (χ4v) is 4.63. The molecular weight excluding hydrogens is 220 g/mol. The van der Waals surface area contributed by atoms with Crippen LogP contribution in [0.4, 0.5) is 0 Å². The zero-order chi connectivity index (χ0) is 12.4. The van der Waals surface area contributed by atoms with Crippen molar-refractivity contribution in [1.29, 1.82) is 0 Å². The van der Waals surface area contributed by atoms with Gasteiger partial charge in [-0.25, -0.2) is 0 Å². The summed E-state index contributed by atoms with van der Waals surface area (Å²) in [6, 6.07) is 1.36. The van der Waals surface area contributed by atoms with E-state index in [-0.39, 0.29) is 0 Å². The van der Waals surface area contributed by atoms with Gasteiger partial charge in [-0.05, 0) is 69.9 Å². The molecule has 2 saturated carbocycles. The number of rotatable bonds is 1. The molecule has 0 aromatic carbocycles. The molecule has 0 radical (unpaired) electrons. The average Bonchev–Trinajstić information content (AvgIpc) is 2.42. The summed E-state index contributed by atoms with van der Waals surface area (Å²) in [5, 5.41) is 0. The predicted octanol–water partition coefficient (Wildman–Crippen LogP) is 3.30. The van der Waals surface area contributed by atoms with Crippen molar-refractivity contribution in [2.75, 3.05) is 13.1 Å². The lowest BCUT2D eigenvalue weighted by Crippen LogP contribution is -2.47. The van der Waals surface area contributed by atoms with E-state index in [1.807, 2.05) is 0 Å². The minimum absolute atomic E-state index is 0.496. The van der Waals surface area contributed by atoms with Crippen LogP contribution in [-0.4, -0.2) is 30.1 Å². The molecule has 2 nitrogen and oxygen atoms in total. The van der Waals surface area contributed by atoms with Gasteiger partial charge in [-0.15, -0.1) is 0 Å². The van der Waals surface area contributed by atoms with Gasteiger partial charge in [0.25, 0.3) is 0 Å². The largest absolute Gasteiger partial charge is 0.328 e. The Labute approximate surface area is 112 Å². The van der Waals surface area contributed by atoms with Gasteiger partial charge in [0.05, 0.1) is 0 Å². The number of piperidine rings is 1. The molecule has 2 aliphatic carbocycles. The van der Waals surface area contributed by atoms with Crippen LogP contribution in [0.15, 0.2) is 0 Å². The zero-order valence-corrected chi connectivity index (χ0v) is 11.9. The molecule has 1 aliphatic heterocycles. The summed E-state index contributed by atoms with van der Waals surface area (Å²) in [5.41, 5.74) is 6.78. The Bertz CT molecular complexity index is 252. The minimum Gasteiger partial charge on any atom is -0.328 e. The highest BCUT2D eigenvalue weighted by atomic mass is 15.2.